The number of nitrogens with zero attached hydrogens (tertiary/aromatic N) is 4. The van der Waals surface area contributed by atoms with Crippen molar-refractivity contribution >= 4 is 21.7 Å². The van der Waals surface area contributed by atoms with Gasteiger partial charge in [-0.2, -0.15) is 8.78 Å². The third kappa shape index (κ3) is 3.66. The number of benzene rings is 1. The van der Waals surface area contributed by atoms with Crippen molar-refractivity contribution in [3.05, 3.63) is 42.2 Å². The molecule has 146 valence electrons. The molecular weight excluding hydrogens is 378 g/mol. The van der Waals surface area contributed by atoms with Crippen LogP contribution >= 0.6 is 0 Å². The smallest absolute Gasteiger partial charge is 0.339 e. The fourth-order valence-electron chi connectivity index (χ4n) is 3.10. The Balaban J connectivity index is 1.78. The number of halogens is 2. The van der Waals surface area contributed by atoms with Crippen molar-refractivity contribution in [3.8, 4) is 0 Å². The van der Waals surface area contributed by atoms with Crippen molar-refractivity contribution in [1.82, 2.24) is 14.5 Å². The van der Waals surface area contributed by atoms with Gasteiger partial charge in [-0.3, -0.25) is 4.79 Å². The number of alkyl halides is 2. The Morgan fingerprint density at radius 2 is 1.85 bits per heavy atom. The molecule has 2 aromatic rings. The monoisotopic (exact) mass is 398 g/mol. The van der Waals surface area contributed by atoms with E-state index in [9.17, 15) is 22.0 Å². The summed E-state index contributed by atoms with van der Waals surface area (Å²) >= 11 is 0. The van der Waals surface area contributed by atoms with E-state index in [0.717, 1.165) is 18.6 Å². The van der Waals surface area contributed by atoms with Crippen molar-refractivity contribution in [2.75, 3.05) is 31.1 Å². The van der Waals surface area contributed by atoms with E-state index in [4.69, 9.17) is 0 Å². The SMILES string of the molecule is CCn1ccnc1N1CCN(C(=O)c2ccccc2S(=O)(=O)C(F)F)CC1. The second-order valence-corrected chi connectivity index (χ2v) is 7.98. The highest BCUT2D eigenvalue weighted by atomic mass is 32.2. The number of amides is 1. The Morgan fingerprint density at radius 1 is 1.19 bits per heavy atom. The van der Waals surface area contributed by atoms with Gasteiger partial charge in [-0.15, -0.1) is 0 Å². The van der Waals surface area contributed by atoms with E-state index in [-0.39, 0.29) is 5.56 Å². The maximum atomic E-state index is 12.9. The largest absolute Gasteiger partial charge is 0.341 e. The molecule has 0 saturated carbocycles. The van der Waals surface area contributed by atoms with Gasteiger partial charge >= 0.3 is 5.76 Å². The van der Waals surface area contributed by atoms with Crippen LogP contribution in [0.5, 0.6) is 0 Å². The van der Waals surface area contributed by atoms with Crippen molar-refractivity contribution in [2.24, 2.45) is 0 Å². The van der Waals surface area contributed by atoms with Gasteiger partial charge in [-0.05, 0) is 19.1 Å². The number of imidazole rings is 1. The van der Waals surface area contributed by atoms with Gasteiger partial charge in [0.05, 0.1) is 10.5 Å². The quantitative estimate of drug-likeness (QED) is 0.769. The van der Waals surface area contributed by atoms with Crippen LogP contribution in [0.25, 0.3) is 0 Å². The first-order valence-electron chi connectivity index (χ1n) is 8.52. The first-order chi connectivity index (χ1) is 12.9. The highest BCUT2D eigenvalue weighted by Gasteiger charge is 2.33. The Hall–Kier alpha value is -2.49. The van der Waals surface area contributed by atoms with Gasteiger partial charge in [0.15, 0.2) is 0 Å². The molecule has 0 bridgehead atoms. The Bertz CT molecular complexity index is 922. The van der Waals surface area contributed by atoms with Crippen LogP contribution in [-0.2, 0) is 16.4 Å². The molecule has 7 nitrogen and oxygen atoms in total. The van der Waals surface area contributed by atoms with Crippen LogP contribution in [-0.4, -0.2) is 60.7 Å². The van der Waals surface area contributed by atoms with E-state index < -0.39 is 26.4 Å². The summed E-state index contributed by atoms with van der Waals surface area (Å²) in [7, 11) is -4.85. The minimum Gasteiger partial charge on any atom is -0.339 e. The molecule has 0 N–H and O–H groups in total. The maximum Gasteiger partial charge on any atom is 0.341 e. The predicted octanol–water partition coefficient (Wildman–Crippen LogP) is 1.86. The Morgan fingerprint density at radius 3 is 2.48 bits per heavy atom. The van der Waals surface area contributed by atoms with Crippen LogP contribution in [0.2, 0.25) is 0 Å². The summed E-state index contributed by atoms with van der Waals surface area (Å²) in [5.74, 6) is -3.32. The van der Waals surface area contributed by atoms with Crippen LogP contribution in [0, 0.1) is 0 Å². The second kappa shape index (κ2) is 7.63. The molecule has 27 heavy (non-hydrogen) atoms. The van der Waals surface area contributed by atoms with E-state index in [0.29, 0.717) is 26.2 Å². The number of piperazine rings is 1. The lowest BCUT2D eigenvalue weighted by Gasteiger charge is -2.35. The molecule has 2 heterocycles. The summed E-state index contributed by atoms with van der Waals surface area (Å²) in [6.07, 6.45) is 3.58. The number of sulfone groups is 1. The number of aryl methyl sites for hydroxylation is 1. The molecule has 1 aliphatic rings. The zero-order valence-corrected chi connectivity index (χ0v) is 15.6. The lowest BCUT2D eigenvalue weighted by molar-refractivity contribution is 0.0742. The lowest BCUT2D eigenvalue weighted by Crippen LogP contribution is -2.49. The van der Waals surface area contributed by atoms with Gasteiger partial charge in [0.1, 0.15) is 0 Å². The highest BCUT2D eigenvalue weighted by Crippen LogP contribution is 2.24. The van der Waals surface area contributed by atoms with E-state index in [2.05, 4.69) is 4.98 Å². The first kappa shape index (κ1) is 19.3. The van der Waals surface area contributed by atoms with Crippen molar-refractivity contribution in [3.63, 3.8) is 0 Å². The summed E-state index contributed by atoms with van der Waals surface area (Å²) in [5.41, 5.74) is -0.221. The number of anilines is 1. The average Bonchev–Trinajstić information content (AvgIpc) is 3.16. The molecule has 1 aromatic carbocycles. The van der Waals surface area contributed by atoms with Crippen LogP contribution in [0.4, 0.5) is 14.7 Å². The maximum absolute atomic E-state index is 12.9. The van der Waals surface area contributed by atoms with Crippen molar-refractivity contribution < 1.29 is 22.0 Å². The molecule has 0 aliphatic carbocycles. The molecule has 1 amide bonds. The van der Waals surface area contributed by atoms with Gasteiger partial charge in [0.2, 0.25) is 15.8 Å². The first-order valence-corrected chi connectivity index (χ1v) is 10.1. The zero-order valence-electron chi connectivity index (χ0n) is 14.8. The normalized spacial score (nSPS) is 15.4. The lowest BCUT2D eigenvalue weighted by atomic mass is 10.2. The highest BCUT2D eigenvalue weighted by molar-refractivity contribution is 7.91. The van der Waals surface area contributed by atoms with E-state index in [1.54, 1.807) is 6.20 Å². The third-order valence-electron chi connectivity index (χ3n) is 4.54. The van der Waals surface area contributed by atoms with Gasteiger partial charge in [-0.1, -0.05) is 12.1 Å². The number of rotatable bonds is 5. The molecule has 3 rings (SSSR count). The molecule has 1 aromatic heterocycles. The van der Waals surface area contributed by atoms with Gasteiger partial charge < -0.3 is 14.4 Å². The summed E-state index contributed by atoms with van der Waals surface area (Å²) in [5, 5.41) is 0. The summed E-state index contributed by atoms with van der Waals surface area (Å²) < 4.78 is 51.6. The van der Waals surface area contributed by atoms with Gasteiger partial charge in [0, 0.05) is 45.1 Å². The minimum absolute atomic E-state index is 0.221. The van der Waals surface area contributed by atoms with Crippen molar-refractivity contribution in [2.45, 2.75) is 24.1 Å². The second-order valence-electron chi connectivity index (χ2n) is 6.09. The average molecular weight is 398 g/mol. The Kier molecular flexibility index (Phi) is 5.45. The van der Waals surface area contributed by atoms with E-state index >= 15 is 0 Å². The predicted molar refractivity (Wildman–Crippen MR) is 95.6 cm³/mol. The van der Waals surface area contributed by atoms with Crippen LogP contribution < -0.4 is 4.90 Å². The summed E-state index contributed by atoms with van der Waals surface area (Å²) in [6, 6.07) is 5.11. The molecule has 0 radical (unpaired) electrons. The number of hydrogen-bond donors (Lipinski definition) is 0. The van der Waals surface area contributed by atoms with Crippen LogP contribution in [0.1, 0.15) is 17.3 Å². The van der Waals surface area contributed by atoms with Crippen molar-refractivity contribution in [1.29, 1.82) is 0 Å². The molecule has 1 fully saturated rings. The molecule has 0 atom stereocenters. The van der Waals surface area contributed by atoms with Crippen LogP contribution in [0.3, 0.4) is 0 Å². The van der Waals surface area contributed by atoms with E-state index in [1.165, 1.54) is 23.1 Å². The number of aromatic nitrogens is 2. The molecule has 1 aliphatic heterocycles. The van der Waals surface area contributed by atoms with Gasteiger partial charge in [-0.25, -0.2) is 13.4 Å². The van der Waals surface area contributed by atoms with Crippen LogP contribution in [0.15, 0.2) is 41.6 Å². The minimum atomic E-state index is -4.85. The third-order valence-corrected chi connectivity index (χ3v) is 5.98. The molecule has 0 spiro atoms. The standard InChI is InChI=1S/C17H20F2N4O3S/c1-2-21-8-7-20-17(21)23-11-9-22(10-12-23)15(24)13-5-3-4-6-14(13)27(25,26)16(18)19/h3-8,16H,2,9-12H2,1H3. The fraction of sp³-hybridized carbons (Fsp3) is 0.412. The molecule has 10 heteroatoms. The number of hydrogen-bond acceptors (Lipinski definition) is 5. The molecular formula is C17H20F2N4O3S. The summed E-state index contributed by atoms with van der Waals surface area (Å²) in [6.45, 7) is 4.51. The number of carbonyl (C=O) groups excluding carboxylic acids is 1. The molecule has 0 unspecified atom stereocenters. The molecule has 1 saturated heterocycles. The van der Waals surface area contributed by atoms with E-state index in [1.807, 2.05) is 22.6 Å². The number of carbonyl (C=O) groups is 1. The van der Waals surface area contributed by atoms with Gasteiger partial charge in [0.25, 0.3) is 5.91 Å². The Labute approximate surface area is 156 Å². The summed E-state index contributed by atoms with van der Waals surface area (Å²) in [4.78, 5) is 20.0. The zero-order chi connectivity index (χ0) is 19.6. The topological polar surface area (TPSA) is 75.5 Å². The fourth-order valence-corrected chi connectivity index (χ4v) is 4.02.